The van der Waals surface area contributed by atoms with Crippen molar-refractivity contribution in [2.24, 2.45) is 5.73 Å². The Kier molecular flexibility index (Phi) is 4.59. The van der Waals surface area contributed by atoms with Crippen molar-refractivity contribution in [3.05, 3.63) is 53.9 Å². The number of carbonyl (C=O) groups excluding carboxylic acids is 1. The van der Waals surface area contributed by atoms with E-state index in [0.29, 0.717) is 0 Å². The summed E-state index contributed by atoms with van der Waals surface area (Å²) in [5.41, 5.74) is 13.0. The molecule has 0 radical (unpaired) electrons. The predicted octanol–water partition coefficient (Wildman–Crippen LogP) is 2.95. The molecule has 0 saturated carbocycles. The van der Waals surface area contributed by atoms with Gasteiger partial charge in [-0.1, -0.05) is 0 Å². The van der Waals surface area contributed by atoms with Crippen LogP contribution in [0.1, 0.15) is 11.1 Å². The molecule has 5 rings (SSSR count). The van der Waals surface area contributed by atoms with Crippen LogP contribution in [0.15, 0.2) is 42.7 Å². The van der Waals surface area contributed by atoms with Gasteiger partial charge in [0.05, 0.1) is 41.9 Å². The highest BCUT2D eigenvalue weighted by molar-refractivity contribution is 6.08. The maximum Gasteiger partial charge on any atom is 0.221 e. The molecule has 1 fully saturated rings. The second-order valence-corrected chi connectivity index (χ2v) is 7.74. The van der Waals surface area contributed by atoms with Gasteiger partial charge >= 0.3 is 0 Å². The smallest absolute Gasteiger partial charge is 0.221 e. The number of pyridine rings is 2. The minimum Gasteiger partial charge on any atom is -0.378 e. The minimum atomic E-state index is -0.372. The van der Waals surface area contributed by atoms with Gasteiger partial charge in [0.25, 0.3) is 0 Å². The quantitative estimate of drug-likeness (QED) is 0.548. The first-order valence-electron chi connectivity index (χ1n) is 10.1. The molecule has 1 amide bonds. The highest BCUT2D eigenvalue weighted by Gasteiger charge is 2.17. The van der Waals surface area contributed by atoms with Crippen LogP contribution in [0.3, 0.4) is 0 Å². The first-order valence-corrected chi connectivity index (χ1v) is 10.1. The van der Waals surface area contributed by atoms with Crippen molar-refractivity contribution in [2.45, 2.75) is 13.3 Å². The number of rotatable bonds is 4. The summed E-state index contributed by atoms with van der Waals surface area (Å²) in [6.45, 7) is 5.23. The number of benzene rings is 1. The van der Waals surface area contributed by atoms with Gasteiger partial charge in [-0.25, -0.2) is 4.98 Å². The van der Waals surface area contributed by atoms with Crippen LogP contribution in [0, 0.1) is 6.92 Å². The van der Waals surface area contributed by atoms with Crippen molar-refractivity contribution in [2.75, 3.05) is 31.2 Å². The number of hydrogen-bond donors (Lipinski definition) is 2. The van der Waals surface area contributed by atoms with Crippen molar-refractivity contribution < 1.29 is 9.53 Å². The normalized spacial score (nSPS) is 14.5. The summed E-state index contributed by atoms with van der Waals surface area (Å²) in [5.74, 6) is -0.372. The zero-order valence-corrected chi connectivity index (χ0v) is 16.8. The van der Waals surface area contributed by atoms with Crippen LogP contribution in [0.25, 0.3) is 33.2 Å². The SMILES string of the molecule is Cc1cncc(-c2cc(CC(N)=O)c3[nH]c4cc(N5CCOCC5)ccc4c3n2)c1. The zero-order valence-electron chi connectivity index (χ0n) is 16.8. The Labute approximate surface area is 173 Å². The molecule has 3 N–H and O–H groups in total. The van der Waals surface area contributed by atoms with Crippen molar-refractivity contribution in [3.8, 4) is 11.3 Å². The summed E-state index contributed by atoms with van der Waals surface area (Å²) >= 11 is 0. The predicted molar refractivity (Wildman–Crippen MR) is 117 cm³/mol. The number of nitrogens with one attached hydrogen (secondary N) is 1. The lowest BCUT2D eigenvalue weighted by Crippen LogP contribution is -2.36. The van der Waals surface area contributed by atoms with E-state index in [4.69, 9.17) is 15.5 Å². The summed E-state index contributed by atoms with van der Waals surface area (Å²) in [5, 5.41) is 1.02. The third-order valence-corrected chi connectivity index (χ3v) is 5.53. The number of carbonyl (C=O) groups is 1. The van der Waals surface area contributed by atoms with Gasteiger partial charge < -0.3 is 20.4 Å². The molecule has 0 unspecified atom stereocenters. The van der Waals surface area contributed by atoms with Gasteiger partial charge in [0.15, 0.2) is 0 Å². The lowest BCUT2D eigenvalue weighted by atomic mass is 10.0. The van der Waals surface area contributed by atoms with Crippen molar-refractivity contribution in [3.63, 3.8) is 0 Å². The zero-order chi connectivity index (χ0) is 20.7. The van der Waals surface area contributed by atoms with E-state index in [9.17, 15) is 4.79 Å². The number of nitrogens with two attached hydrogens (primary N) is 1. The molecule has 30 heavy (non-hydrogen) atoms. The number of aromatic nitrogens is 3. The maximum atomic E-state index is 11.7. The van der Waals surface area contributed by atoms with Crippen molar-refractivity contribution >= 4 is 33.5 Å². The van der Waals surface area contributed by atoms with Gasteiger partial charge in [0, 0.05) is 42.1 Å². The number of aromatic amines is 1. The van der Waals surface area contributed by atoms with Gasteiger partial charge in [-0.15, -0.1) is 0 Å². The summed E-state index contributed by atoms with van der Waals surface area (Å²) in [6, 6.07) is 10.3. The van der Waals surface area contributed by atoms with E-state index in [-0.39, 0.29) is 12.3 Å². The molecule has 4 heterocycles. The molecule has 0 spiro atoms. The fourth-order valence-corrected chi connectivity index (χ4v) is 4.10. The molecule has 0 bridgehead atoms. The van der Waals surface area contributed by atoms with Crippen LogP contribution in [0.2, 0.25) is 0 Å². The molecule has 1 aliphatic heterocycles. The number of ether oxygens (including phenoxy) is 1. The number of fused-ring (bicyclic) bond motifs is 3. The van der Waals surface area contributed by atoms with Crippen LogP contribution in [-0.2, 0) is 16.0 Å². The highest BCUT2D eigenvalue weighted by atomic mass is 16.5. The monoisotopic (exact) mass is 401 g/mol. The van der Waals surface area contributed by atoms with E-state index in [1.807, 2.05) is 25.3 Å². The molecule has 7 heteroatoms. The molecule has 1 saturated heterocycles. The standard InChI is InChI=1S/C23H23N5O2/c1-14-8-16(13-25-12-14)19-9-15(10-21(24)29)22-23(26-19)18-3-2-17(11-20(18)27-22)28-4-6-30-7-5-28/h2-3,8-9,11-13,27H,4-7,10H2,1H3,(H2,24,29). The summed E-state index contributed by atoms with van der Waals surface area (Å²) < 4.78 is 5.46. The van der Waals surface area contributed by atoms with Gasteiger partial charge in [0.1, 0.15) is 0 Å². The highest BCUT2D eigenvalue weighted by Crippen LogP contribution is 2.32. The summed E-state index contributed by atoms with van der Waals surface area (Å²) in [7, 11) is 0. The number of anilines is 1. The Morgan fingerprint density at radius 2 is 2.03 bits per heavy atom. The Morgan fingerprint density at radius 3 is 2.80 bits per heavy atom. The van der Waals surface area contributed by atoms with Gasteiger partial charge in [-0.2, -0.15) is 0 Å². The Hall–Kier alpha value is -3.45. The van der Waals surface area contributed by atoms with E-state index in [0.717, 1.165) is 76.3 Å². The second-order valence-electron chi connectivity index (χ2n) is 7.74. The number of aryl methyl sites for hydroxylation is 1. The summed E-state index contributed by atoms with van der Waals surface area (Å²) in [6.07, 6.45) is 3.75. The van der Waals surface area contributed by atoms with Crippen LogP contribution < -0.4 is 10.6 Å². The topological polar surface area (TPSA) is 97.1 Å². The molecule has 152 valence electrons. The van der Waals surface area contributed by atoms with Crippen molar-refractivity contribution in [1.82, 2.24) is 15.0 Å². The average Bonchev–Trinajstić information content (AvgIpc) is 3.12. The molecule has 1 aliphatic rings. The van der Waals surface area contributed by atoms with Gasteiger partial charge in [-0.05, 0) is 48.4 Å². The number of primary amides is 1. The fourth-order valence-electron chi connectivity index (χ4n) is 4.10. The minimum absolute atomic E-state index is 0.147. The number of H-pyrrole nitrogens is 1. The fraction of sp³-hybridized carbons (Fsp3) is 0.261. The Balaban J connectivity index is 1.69. The third-order valence-electron chi connectivity index (χ3n) is 5.53. The van der Waals surface area contributed by atoms with Crippen molar-refractivity contribution in [1.29, 1.82) is 0 Å². The second kappa shape index (κ2) is 7.42. The molecule has 0 atom stereocenters. The maximum absolute atomic E-state index is 11.7. The lowest BCUT2D eigenvalue weighted by molar-refractivity contribution is -0.117. The molecule has 1 aromatic carbocycles. The van der Waals surface area contributed by atoms with E-state index >= 15 is 0 Å². The van der Waals surface area contributed by atoms with Crippen LogP contribution in [-0.4, -0.2) is 47.2 Å². The summed E-state index contributed by atoms with van der Waals surface area (Å²) in [4.78, 5) is 26.8. The molecular weight excluding hydrogens is 378 g/mol. The number of nitrogens with zero attached hydrogens (tertiary/aromatic N) is 3. The third kappa shape index (κ3) is 3.37. The molecule has 3 aromatic heterocycles. The Bertz CT molecular complexity index is 1260. The van der Waals surface area contributed by atoms with E-state index < -0.39 is 0 Å². The average molecular weight is 401 g/mol. The largest absolute Gasteiger partial charge is 0.378 e. The number of amides is 1. The number of hydrogen-bond acceptors (Lipinski definition) is 5. The molecule has 7 nitrogen and oxygen atoms in total. The van der Waals surface area contributed by atoms with E-state index in [1.165, 1.54) is 0 Å². The Morgan fingerprint density at radius 1 is 1.20 bits per heavy atom. The van der Waals surface area contributed by atoms with Crippen LogP contribution in [0.5, 0.6) is 0 Å². The molecular formula is C23H23N5O2. The van der Waals surface area contributed by atoms with E-state index in [2.05, 4.69) is 33.1 Å². The number of morpholine rings is 1. The molecule has 4 aromatic rings. The van der Waals surface area contributed by atoms with Gasteiger partial charge in [0.2, 0.25) is 5.91 Å². The van der Waals surface area contributed by atoms with E-state index in [1.54, 1.807) is 6.20 Å². The van der Waals surface area contributed by atoms with Gasteiger partial charge in [-0.3, -0.25) is 9.78 Å². The first kappa shape index (κ1) is 18.6. The first-order chi connectivity index (χ1) is 14.6. The lowest BCUT2D eigenvalue weighted by Gasteiger charge is -2.28. The molecule has 0 aliphatic carbocycles. The van der Waals surface area contributed by atoms with Crippen LogP contribution >= 0.6 is 0 Å². The van der Waals surface area contributed by atoms with Crippen LogP contribution in [0.4, 0.5) is 5.69 Å².